The smallest absolute Gasteiger partial charge is 0.249 e. The van der Waals surface area contributed by atoms with Gasteiger partial charge in [0.25, 0.3) is 0 Å². The van der Waals surface area contributed by atoms with E-state index in [2.05, 4.69) is 31.3 Å². The van der Waals surface area contributed by atoms with E-state index in [9.17, 15) is 13.2 Å². The van der Waals surface area contributed by atoms with Crippen LogP contribution in [-0.4, -0.2) is 29.1 Å². The molecule has 0 bridgehead atoms. The monoisotopic (exact) mass is 434 g/mol. The molecule has 0 aliphatic carbocycles. The number of carbonyl (C=O) groups excluding carboxylic acids is 1. The maximum atomic E-state index is 12.6. The van der Waals surface area contributed by atoms with Crippen molar-refractivity contribution in [3.05, 3.63) is 65.7 Å². The van der Waals surface area contributed by atoms with Crippen molar-refractivity contribution in [2.45, 2.75) is 22.8 Å². The van der Waals surface area contributed by atoms with E-state index in [1.807, 2.05) is 0 Å². The molecule has 3 rings (SSSR count). The Labute approximate surface area is 159 Å². The lowest BCUT2D eigenvalue weighted by molar-refractivity contribution is -0.119. The Morgan fingerprint density at radius 3 is 2.19 bits per heavy atom. The molecule has 1 aromatic heterocycles. The second-order valence-corrected chi connectivity index (χ2v) is 8.39. The number of hydrogen-bond donors (Lipinski definition) is 1. The molecule has 1 amide bonds. The van der Waals surface area contributed by atoms with Crippen LogP contribution in [0.15, 0.2) is 75.4 Å². The molecule has 0 radical (unpaired) electrons. The van der Waals surface area contributed by atoms with Crippen LogP contribution in [0, 0.1) is 0 Å². The van der Waals surface area contributed by atoms with Crippen LogP contribution in [0.2, 0.25) is 0 Å². The predicted octanol–water partition coefficient (Wildman–Crippen LogP) is 3.07. The van der Waals surface area contributed by atoms with E-state index in [0.717, 1.165) is 4.47 Å². The summed E-state index contributed by atoms with van der Waals surface area (Å²) in [6, 6.07) is 11.9. The third-order valence-electron chi connectivity index (χ3n) is 3.77. The van der Waals surface area contributed by atoms with Gasteiger partial charge in [0.05, 0.1) is 9.79 Å². The highest BCUT2D eigenvalue weighted by Crippen LogP contribution is 2.24. The standard InChI is InChI=1S/C17H15BrN4O3S/c1-12(22-11-19-10-20-22)17(23)21-14-4-8-16(9-5-14)26(24,25)15-6-2-13(18)3-7-15/h2-12H,1H3,(H,21,23). The molecular formula is C17H15BrN4O3S. The number of aromatic nitrogens is 3. The summed E-state index contributed by atoms with van der Waals surface area (Å²) in [4.78, 5) is 16.4. The van der Waals surface area contributed by atoms with Crippen LogP contribution in [0.3, 0.4) is 0 Å². The van der Waals surface area contributed by atoms with Crippen LogP contribution in [0.1, 0.15) is 13.0 Å². The molecule has 1 unspecified atom stereocenters. The number of nitrogens with zero attached hydrogens (tertiary/aromatic N) is 3. The third-order valence-corrected chi connectivity index (χ3v) is 6.08. The van der Waals surface area contributed by atoms with Gasteiger partial charge >= 0.3 is 0 Å². The van der Waals surface area contributed by atoms with Gasteiger partial charge in [-0.3, -0.25) is 4.79 Å². The summed E-state index contributed by atoms with van der Waals surface area (Å²) in [5, 5.41) is 6.65. The molecule has 1 N–H and O–H groups in total. The molecule has 1 atom stereocenters. The molecule has 0 fully saturated rings. The number of benzene rings is 2. The van der Waals surface area contributed by atoms with Crippen LogP contribution in [0.4, 0.5) is 5.69 Å². The lowest BCUT2D eigenvalue weighted by atomic mass is 10.3. The maximum Gasteiger partial charge on any atom is 0.249 e. The number of halogens is 1. The lowest BCUT2D eigenvalue weighted by Crippen LogP contribution is -2.24. The first kappa shape index (κ1) is 18.3. The van der Waals surface area contributed by atoms with E-state index in [-0.39, 0.29) is 15.7 Å². The van der Waals surface area contributed by atoms with Crippen LogP contribution < -0.4 is 5.32 Å². The van der Waals surface area contributed by atoms with Crippen molar-refractivity contribution in [1.82, 2.24) is 14.8 Å². The largest absolute Gasteiger partial charge is 0.324 e. The Bertz CT molecular complexity index is 1000. The van der Waals surface area contributed by atoms with E-state index in [1.54, 1.807) is 31.2 Å². The molecule has 0 saturated carbocycles. The minimum Gasteiger partial charge on any atom is -0.324 e. The highest BCUT2D eigenvalue weighted by molar-refractivity contribution is 9.10. The number of carbonyl (C=O) groups is 1. The van der Waals surface area contributed by atoms with Gasteiger partial charge in [-0.15, -0.1) is 0 Å². The van der Waals surface area contributed by atoms with E-state index in [0.29, 0.717) is 5.69 Å². The number of nitrogens with one attached hydrogen (secondary N) is 1. The van der Waals surface area contributed by atoms with Gasteiger partial charge in [-0.25, -0.2) is 18.1 Å². The Balaban J connectivity index is 1.76. The fraction of sp³-hybridized carbons (Fsp3) is 0.118. The molecule has 1 heterocycles. The molecule has 0 spiro atoms. The maximum absolute atomic E-state index is 12.6. The molecule has 2 aromatic carbocycles. The van der Waals surface area contributed by atoms with Gasteiger partial charge in [-0.2, -0.15) is 5.10 Å². The van der Waals surface area contributed by atoms with E-state index >= 15 is 0 Å². The van der Waals surface area contributed by atoms with Gasteiger partial charge in [0, 0.05) is 10.2 Å². The number of anilines is 1. The van der Waals surface area contributed by atoms with Gasteiger partial charge in [-0.05, 0) is 55.5 Å². The first-order valence-electron chi connectivity index (χ1n) is 7.63. The molecule has 26 heavy (non-hydrogen) atoms. The highest BCUT2D eigenvalue weighted by Gasteiger charge is 2.19. The normalized spacial score (nSPS) is 12.5. The zero-order valence-electron chi connectivity index (χ0n) is 13.7. The average molecular weight is 435 g/mol. The molecule has 3 aromatic rings. The van der Waals surface area contributed by atoms with Crippen LogP contribution >= 0.6 is 15.9 Å². The van der Waals surface area contributed by atoms with Crippen molar-refractivity contribution < 1.29 is 13.2 Å². The van der Waals surface area contributed by atoms with E-state index < -0.39 is 15.9 Å². The van der Waals surface area contributed by atoms with Crippen molar-refractivity contribution in [3.8, 4) is 0 Å². The Morgan fingerprint density at radius 1 is 1.08 bits per heavy atom. The van der Waals surface area contributed by atoms with Crippen LogP contribution in [0.25, 0.3) is 0 Å². The van der Waals surface area contributed by atoms with Gasteiger partial charge in [0.1, 0.15) is 18.7 Å². The SMILES string of the molecule is CC(C(=O)Nc1ccc(S(=O)(=O)c2ccc(Br)cc2)cc1)n1cncn1. The summed E-state index contributed by atoms with van der Waals surface area (Å²) >= 11 is 3.28. The average Bonchev–Trinajstić information content (AvgIpc) is 3.16. The zero-order valence-corrected chi connectivity index (χ0v) is 16.1. The lowest BCUT2D eigenvalue weighted by Gasteiger charge is -2.12. The Hall–Kier alpha value is -2.52. The fourth-order valence-corrected chi connectivity index (χ4v) is 3.78. The second-order valence-electron chi connectivity index (χ2n) is 5.52. The molecule has 0 aliphatic rings. The molecule has 134 valence electrons. The van der Waals surface area contributed by atoms with Crippen molar-refractivity contribution in [1.29, 1.82) is 0 Å². The third kappa shape index (κ3) is 3.83. The van der Waals surface area contributed by atoms with Crippen molar-refractivity contribution >= 4 is 37.4 Å². The summed E-state index contributed by atoms with van der Waals surface area (Å²) in [5.41, 5.74) is 0.497. The number of hydrogen-bond acceptors (Lipinski definition) is 5. The number of sulfone groups is 1. The molecular weight excluding hydrogens is 420 g/mol. The minimum absolute atomic E-state index is 0.155. The summed E-state index contributed by atoms with van der Waals surface area (Å²) in [6.45, 7) is 1.69. The van der Waals surface area contributed by atoms with Crippen molar-refractivity contribution in [3.63, 3.8) is 0 Å². The molecule has 0 aliphatic heterocycles. The topological polar surface area (TPSA) is 94.0 Å². The molecule has 9 heteroatoms. The van der Waals surface area contributed by atoms with Crippen molar-refractivity contribution in [2.75, 3.05) is 5.32 Å². The Kier molecular flexibility index (Phi) is 5.19. The van der Waals surface area contributed by atoms with E-state index in [1.165, 1.54) is 41.6 Å². The van der Waals surface area contributed by atoms with Crippen LogP contribution in [0.5, 0.6) is 0 Å². The van der Waals surface area contributed by atoms with E-state index in [4.69, 9.17) is 0 Å². The quantitative estimate of drug-likeness (QED) is 0.665. The van der Waals surface area contributed by atoms with Crippen LogP contribution in [-0.2, 0) is 14.6 Å². The summed E-state index contributed by atoms with van der Waals surface area (Å²) in [6.07, 6.45) is 2.81. The summed E-state index contributed by atoms with van der Waals surface area (Å²) in [5.74, 6) is -0.279. The number of rotatable bonds is 5. The van der Waals surface area contributed by atoms with Crippen molar-refractivity contribution in [2.24, 2.45) is 0 Å². The first-order chi connectivity index (χ1) is 12.4. The number of amides is 1. The molecule has 0 saturated heterocycles. The molecule has 7 nitrogen and oxygen atoms in total. The summed E-state index contributed by atoms with van der Waals surface area (Å²) < 4.78 is 27.5. The van der Waals surface area contributed by atoms with Gasteiger partial charge in [0.15, 0.2) is 0 Å². The second kappa shape index (κ2) is 7.38. The first-order valence-corrected chi connectivity index (χ1v) is 9.91. The van der Waals surface area contributed by atoms with Gasteiger partial charge < -0.3 is 5.32 Å². The minimum atomic E-state index is -3.61. The Morgan fingerprint density at radius 2 is 1.65 bits per heavy atom. The van der Waals surface area contributed by atoms with Gasteiger partial charge in [0.2, 0.25) is 15.7 Å². The predicted molar refractivity (Wildman–Crippen MR) is 99.4 cm³/mol. The highest BCUT2D eigenvalue weighted by atomic mass is 79.9. The van der Waals surface area contributed by atoms with Gasteiger partial charge in [-0.1, -0.05) is 15.9 Å². The summed E-state index contributed by atoms with van der Waals surface area (Å²) in [7, 11) is -3.61. The fourth-order valence-electron chi connectivity index (χ4n) is 2.25. The zero-order chi connectivity index (χ0) is 18.7.